The number of ether oxygens (including phenoxy) is 1. The van der Waals surface area contributed by atoms with Gasteiger partial charge in [-0.1, -0.05) is 35.9 Å². The van der Waals surface area contributed by atoms with Crippen molar-refractivity contribution in [3.05, 3.63) is 81.1 Å². The van der Waals surface area contributed by atoms with E-state index in [-0.39, 0.29) is 29.5 Å². The van der Waals surface area contributed by atoms with Crippen molar-refractivity contribution in [2.45, 2.75) is 69.1 Å². The lowest BCUT2D eigenvalue weighted by atomic mass is 9.53. The number of phenols is 1. The van der Waals surface area contributed by atoms with Gasteiger partial charge in [0.1, 0.15) is 34.5 Å². The Morgan fingerprint density at radius 1 is 1.06 bits per heavy atom. The van der Waals surface area contributed by atoms with Crippen LogP contribution in [0.15, 0.2) is 59.4 Å². The number of aromatic hydroxyl groups is 1. The molecule has 1 fully saturated rings. The SMILES string of the molecule is CC(N)C(=O)OC(C)(C)Cc1ccc(Cl)cc1.CN(C)[C@@H]1C(=O)C(C(N)=O)=C(O)[C@@]2(O)C(=O)C3=C(O)c4c(O)cccc4[C@@](C)(O)[C@H]3[C@H](O)[C@@H]12.Cl. The molecule has 10 N–H and O–H groups in total. The van der Waals surface area contributed by atoms with Crippen LogP contribution in [0.4, 0.5) is 0 Å². The Morgan fingerprint density at radius 3 is 2.14 bits per heavy atom. The second-order valence-electron chi connectivity index (χ2n) is 13.8. The van der Waals surface area contributed by atoms with Gasteiger partial charge in [0.25, 0.3) is 5.91 Å². The number of halogens is 2. The largest absolute Gasteiger partial charge is 0.508 e. The molecule has 0 bridgehead atoms. The average Bonchev–Trinajstić information content (AvgIpc) is 3.00. The molecule has 3 aliphatic carbocycles. The zero-order valence-corrected chi connectivity index (χ0v) is 30.3. The Labute approximate surface area is 305 Å². The number of carbonyl (C=O) groups excluding carboxylic acids is 4. The fourth-order valence-corrected chi connectivity index (χ4v) is 7.22. The molecule has 1 saturated carbocycles. The van der Waals surface area contributed by atoms with Gasteiger partial charge < -0.3 is 46.8 Å². The van der Waals surface area contributed by atoms with Crippen LogP contribution in [0.5, 0.6) is 5.75 Å². The summed E-state index contributed by atoms with van der Waals surface area (Å²) in [5, 5.41) is 67.0. The number of fused-ring (bicyclic) bond motifs is 3. The molecule has 0 aromatic heterocycles. The van der Waals surface area contributed by atoms with E-state index in [0.29, 0.717) is 11.4 Å². The number of hydrogen-bond donors (Lipinski definition) is 8. The molecule has 2 aromatic carbocycles. The molecule has 0 heterocycles. The van der Waals surface area contributed by atoms with Crippen LogP contribution in [0.2, 0.25) is 5.02 Å². The normalized spacial score (nSPS) is 27.7. The lowest BCUT2D eigenvalue weighted by Gasteiger charge is -2.55. The van der Waals surface area contributed by atoms with Gasteiger partial charge >= 0.3 is 5.97 Å². The Bertz CT molecular complexity index is 1800. The zero-order valence-electron chi connectivity index (χ0n) is 28.7. The number of phenolic OH excluding ortho intramolecular Hbond substituents is 1. The highest BCUT2D eigenvalue weighted by molar-refractivity contribution is 6.30. The number of nitrogens with zero attached hydrogens (tertiary/aromatic N) is 1. The maximum absolute atomic E-state index is 13.7. The van der Waals surface area contributed by atoms with Crippen molar-refractivity contribution >= 4 is 53.2 Å². The van der Waals surface area contributed by atoms with Crippen LogP contribution in [0, 0.1) is 11.8 Å². The molecule has 51 heavy (non-hydrogen) atoms. The second kappa shape index (κ2) is 14.5. The molecule has 3 aliphatic rings. The molecule has 14 nitrogen and oxygen atoms in total. The van der Waals surface area contributed by atoms with Crippen molar-refractivity contribution < 1.29 is 54.6 Å². The lowest BCUT2D eigenvalue weighted by Crippen LogP contribution is -2.71. The molecular weight excluding hydrogens is 709 g/mol. The van der Waals surface area contributed by atoms with E-state index in [1.54, 1.807) is 6.92 Å². The van der Waals surface area contributed by atoms with Gasteiger partial charge in [-0.3, -0.25) is 24.1 Å². The highest BCUT2D eigenvalue weighted by Crippen LogP contribution is 2.57. The van der Waals surface area contributed by atoms with Crippen LogP contribution in [0.3, 0.4) is 0 Å². The number of nitrogens with two attached hydrogens (primary N) is 2. The van der Waals surface area contributed by atoms with E-state index in [1.807, 2.05) is 38.1 Å². The summed E-state index contributed by atoms with van der Waals surface area (Å²) in [5.41, 5.74) is 4.18. The van der Waals surface area contributed by atoms with E-state index in [4.69, 9.17) is 27.8 Å². The number of aliphatic hydroxyl groups excluding tert-OH is 3. The molecule has 2 aromatic rings. The average molecular weight is 753 g/mol. The van der Waals surface area contributed by atoms with Crippen molar-refractivity contribution in [3.63, 3.8) is 0 Å². The van der Waals surface area contributed by atoms with Crippen molar-refractivity contribution in [3.8, 4) is 5.75 Å². The third-order valence-electron chi connectivity index (χ3n) is 9.33. The number of likely N-dealkylation sites (N-methyl/N-ethyl adjacent to an activating group) is 1. The smallest absolute Gasteiger partial charge is 0.323 e. The molecule has 0 saturated heterocycles. The number of primary amides is 1. The van der Waals surface area contributed by atoms with Gasteiger partial charge in [-0.2, -0.15) is 0 Å². The molecule has 0 aliphatic heterocycles. The first-order valence-electron chi connectivity index (χ1n) is 15.6. The number of esters is 1. The molecule has 278 valence electrons. The highest BCUT2D eigenvalue weighted by Gasteiger charge is 2.70. The van der Waals surface area contributed by atoms with Crippen LogP contribution in [0.1, 0.15) is 44.4 Å². The fourth-order valence-electron chi connectivity index (χ4n) is 7.09. The quantitative estimate of drug-likeness (QED) is 0.154. The van der Waals surface area contributed by atoms with Crippen molar-refractivity contribution in [2.24, 2.45) is 23.3 Å². The number of amides is 1. The molecule has 7 atom stereocenters. The maximum atomic E-state index is 13.7. The van der Waals surface area contributed by atoms with Gasteiger partial charge in [-0.25, -0.2) is 0 Å². The van der Waals surface area contributed by atoms with Gasteiger partial charge in [-0.15, -0.1) is 12.4 Å². The van der Waals surface area contributed by atoms with Gasteiger partial charge in [-0.05, 0) is 71.1 Å². The lowest BCUT2D eigenvalue weighted by molar-refractivity contribution is -0.181. The Morgan fingerprint density at radius 2 is 1.63 bits per heavy atom. The Balaban J connectivity index is 0.000000331. The number of benzene rings is 2. The molecular formula is C35H43Cl2N3O11. The molecule has 0 spiro atoms. The Kier molecular flexibility index (Phi) is 11.8. The second-order valence-corrected chi connectivity index (χ2v) is 14.3. The first kappa shape index (κ1) is 41.4. The summed E-state index contributed by atoms with van der Waals surface area (Å²) < 4.78 is 5.34. The fraction of sp³-hybridized carbons (Fsp3) is 0.429. The molecule has 1 unspecified atom stereocenters. The summed E-state index contributed by atoms with van der Waals surface area (Å²) in [5.74, 6) is -10.1. The van der Waals surface area contributed by atoms with Crippen LogP contribution < -0.4 is 11.5 Å². The van der Waals surface area contributed by atoms with E-state index >= 15 is 0 Å². The van der Waals surface area contributed by atoms with E-state index in [1.165, 1.54) is 44.1 Å². The monoisotopic (exact) mass is 751 g/mol. The van der Waals surface area contributed by atoms with Crippen LogP contribution >= 0.6 is 24.0 Å². The van der Waals surface area contributed by atoms with Gasteiger partial charge in [0, 0.05) is 11.4 Å². The summed E-state index contributed by atoms with van der Waals surface area (Å²) in [4.78, 5) is 51.4. The number of hydrogen-bond acceptors (Lipinski definition) is 13. The minimum atomic E-state index is -3.02. The van der Waals surface area contributed by atoms with E-state index in [9.17, 15) is 49.8 Å². The van der Waals surface area contributed by atoms with E-state index in [0.717, 1.165) is 5.56 Å². The summed E-state index contributed by atoms with van der Waals surface area (Å²) in [6, 6.07) is 9.38. The van der Waals surface area contributed by atoms with E-state index < -0.39 is 92.7 Å². The third-order valence-corrected chi connectivity index (χ3v) is 9.58. The summed E-state index contributed by atoms with van der Waals surface area (Å²) >= 11 is 5.81. The maximum Gasteiger partial charge on any atom is 0.323 e. The van der Waals surface area contributed by atoms with E-state index in [2.05, 4.69) is 0 Å². The van der Waals surface area contributed by atoms with Gasteiger partial charge in [0.2, 0.25) is 5.78 Å². The number of aliphatic hydroxyl groups is 5. The predicted molar refractivity (Wildman–Crippen MR) is 188 cm³/mol. The topological polar surface area (TPSA) is 254 Å². The number of rotatable bonds is 6. The highest BCUT2D eigenvalue weighted by atomic mass is 35.5. The first-order chi connectivity index (χ1) is 23.0. The first-order valence-corrected chi connectivity index (χ1v) is 16.0. The molecule has 0 radical (unpaired) electrons. The van der Waals surface area contributed by atoms with Crippen molar-refractivity contribution in [2.75, 3.05) is 14.1 Å². The van der Waals surface area contributed by atoms with Gasteiger partial charge in [0.05, 0.1) is 40.7 Å². The third kappa shape index (κ3) is 7.09. The van der Waals surface area contributed by atoms with Crippen molar-refractivity contribution in [1.29, 1.82) is 0 Å². The predicted octanol–water partition coefficient (Wildman–Crippen LogP) is 1.57. The summed E-state index contributed by atoms with van der Waals surface area (Å²) in [7, 11) is 2.80. The molecule has 16 heteroatoms. The Hall–Kier alpha value is -4.02. The zero-order chi connectivity index (χ0) is 37.8. The standard InChI is InChI=1S/C22H24N2O9.C13H18ClNO2.ClH/c1-21(32)7-5-4-6-8(25)9(7)15(26)10-12(21)17(28)13-14(24(2)3)16(27)11(20(23)31)19(30)22(13,33)18(10)29;1-9(15)12(16)17-13(2,3)8-10-4-6-11(14)7-5-10;/h4-6,12-14,17,25-26,28,30,32-33H,1-3H3,(H2,23,31);4-7,9H,8,15H2,1-3H3;1H/t12-,13-,14+,17+,21-,22+;;/m1../s1. The van der Waals surface area contributed by atoms with Crippen molar-refractivity contribution in [1.82, 2.24) is 4.90 Å². The van der Waals surface area contributed by atoms with Crippen LogP contribution in [-0.2, 0) is 35.9 Å². The number of carbonyl (C=O) groups is 4. The van der Waals surface area contributed by atoms with Gasteiger partial charge in [0.15, 0.2) is 11.4 Å². The van der Waals surface area contributed by atoms with Crippen LogP contribution in [-0.4, -0.2) is 102 Å². The summed E-state index contributed by atoms with van der Waals surface area (Å²) in [6.07, 6.45) is -1.24. The van der Waals surface area contributed by atoms with Crippen LogP contribution in [0.25, 0.3) is 5.76 Å². The minimum absolute atomic E-state index is 0. The minimum Gasteiger partial charge on any atom is -0.508 e. The number of Topliss-reactive ketones (excluding diaryl/α,β-unsaturated/α-hetero) is 2. The summed E-state index contributed by atoms with van der Waals surface area (Å²) in [6.45, 7) is 6.59. The molecule has 5 rings (SSSR count). The molecule has 1 amide bonds. The number of ketones is 2.